The Kier molecular flexibility index (Phi) is 8.18. The van der Waals surface area contributed by atoms with Crippen LogP contribution in [-0.4, -0.2) is 29.2 Å². The van der Waals surface area contributed by atoms with Gasteiger partial charge in [0.25, 0.3) is 0 Å². The lowest BCUT2D eigenvalue weighted by molar-refractivity contribution is -0.438. The molecule has 2 aromatic rings. The van der Waals surface area contributed by atoms with E-state index >= 15 is 0 Å². The molecule has 1 aliphatic carbocycles. The van der Waals surface area contributed by atoms with Crippen molar-refractivity contribution in [2.24, 2.45) is 0 Å². The summed E-state index contributed by atoms with van der Waals surface area (Å²) in [7, 11) is 0. The Balaban J connectivity index is 1.48. The maximum Gasteiger partial charge on any atom is 0.209 e. The summed E-state index contributed by atoms with van der Waals surface area (Å²) in [6.07, 6.45) is 18.9. The van der Waals surface area contributed by atoms with Gasteiger partial charge in [-0.1, -0.05) is 83.0 Å². The number of anilines is 1. The highest BCUT2D eigenvalue weighted by atomic mass is 16.1. The van der Waals surface area contributed by atoms with Crippen LogP contribution in [0.1, 0.15) is 78.4 Å². The number of carbonyl (C=O) groups is 1. The third-order valence-electron chi connectivity index (χ3n) is 8.96. The third kappa shape index (κ3) is 5.35. The monoisotopic (exact) mass is 545 g/mol. The van der Waals surface area contributed by atoms with Gasteiger partial charge < -0.3 is 4.90 Å². The predicted octanol–water partition coefficient (Wildman–Crippen LogP) is 8.89. The molecule has 0 N–H and O–H groups in total. The minimum Gasteiger partial charge on any atom is -0.344 e. The molecule has 0 spiro atoms. The highest BCUT2D eigenvalue weighted by Gasteiger charge is 2.44. The van der Waals surface area contributed by atoms with Crippen molar-refractivity contribution in [2.75, 3.05) is 18.0 Å². The molecule has 0 saturated carbocycles. The molecule has 3 nitrogen and oxygen atoms in total. The van der Waals surface area contributed by atoms with Crippen molar-refractivity contribution in [3.05, 3.63) is 119 Å². The van der Waals surface area contributed by atoms with Gasteiger partial charge in [-0.3, -0.25) is 4.79 Å². The number of benzene rings is 2. The first kappa shape index (κ1) is 28.8. The second-order valence-electron chi connectivity index (χ2n) is 12.5. The molecule has 0 atom stereocenters. The maximum absolute atomic E-state index is 13.0. The highest BCUT2D eigenvalue weighted by molar-refractivity contribution is 6.08. The van der Waals surface area contributed by atoms with Gasteiger partial charge >= 0.3 is 0 Å². The second-order valence-corrected chi connectivity index (χ2v) is 12.5. The molecule has 0 amide bonds. The fraction of sp³-hybridized carbons (Fsp3) is 0.368. The van der Waals surface area contributed by atoms with E-state index in [9.17, 15) is 4.79 Å². The summed E-state index contributed by atoms with van der Waals surface area (Å²) >= 11 is 0. The minimum absolute atomic E-state index is 0.0539. The minimum atomic E-state index is -0.122. The summed E-state index contributed by atoms with van der Waals surface area (Å²) in [4.78, 5) is 15.4. The zero-order valence-electron chi connectivity index (χ0n) is 25.7. The number of allylic oxidation sites excluding steroid dienone is 10. The highest BCUT2D eigenvalue weighted by Crippen LogP contribution is 2.47. The number of fused-ring (bicyclic) bond motifs is 2. The number of hydrogen-bond donors (Lipinski definition) is 0. The van der Waals surface area contributed by atoms with Gasteiger partial charge in [0.2, 0.25) is 5.69 Å². The molecule has 0 fully saturated rings. The number of para-hydroxylation sites is 2. The van der Waals surface area contributed by atoms with Crippen molar-refractivity contribution in [1.82, 2.24) is 0 Å². The van der Waals surface area contributed by atoms with Crippen LogP contribution >= 0.6 is 0 Å². The predicted molar refractivity (Wildman–Crippen MR) is 173 cm³/mol. The lowest BCUT2D eigenvalue weighted by atomic mass is 9.81. The number of rotatable bonds is 9. The Morgan fingerprint density at radius 2 is 1.51 bits per heavy atom. The summed E-state index contributed by atoms with van der Waals surface area (Å²) < 4.78 is 2.49. The third-order valence-corrected chi connectivity index (χ3v) is 8.96. The summed E-state index contributed by atoms with van der Waals surface area (Å²) in [5.41, 5.74) is 9.45. The molecule has 0 saturated heterocycles. The lowest BCUT2D eigenvalue weighted by Gasteiger charge is -2.27. The Morgan fingerprint density at radius 3 is 2.27 bits per heavy atom. The van der Waals surface area contributed by atoms with E-state index < -0.39 is 0 Å². The van der Waals surface area contributed by atoms with Crippen molar-refractivity contribution in [3.63, 3.8) is 0 Å². The largest absolute Gasteiger partial charge is 0.344 e. The smallest absolute Gasteiger partial charge is 0.209 e. The van der Waals surface area contributed by atoms with Crippen molar-refractivity contribution in [3.8, 4) is 0 Å². The first-order chi connectivity index (χ1) is 19.7. The molecule has 5 rings (SSSR count). The quantitative estimate of drug-likeness (QED) is 0.232. The zero-order valence-corrected chi connectivity index (χ0v) is 25.7. The first-order valence-electron chi connectivity index (χ1n) is 15.4. The summed E-state index contributed by atoms with van der Waals surface area (Å²) in [5.74, 6) is 0.0539. The molecule has 41 heavy (non-hydrogen) atoms. The standard InChI is InChI=1S/C38H45N2O/c1-7-9-25-39-32-17-13-11-15-30(32)37(3,4)35(39)23-20-28-19-22-34(41)29(27-28)21-24-36-38(5,6)31-16-12-14-18-33(31)40(36)26-10-8-2/h11-24,27H,7-10,25-26H2,1-6H3/q+1. The Bertz CT molecular complexity index is 1520. The zero-order chi connectivity index (χ0) is 29.2. The van der Waals surface area contributed by atoms with Gasteiger partial charge in [-0.15, -0.1) is 0 Å². The van der Waals surface area contributed by atoms with Gasteiger partial charge in [0.15, 0.2) is 11.5 Å². The molecule has 2 heterocycles. The van der Waals surface area contributed by atoms with Crippen molar-refractivity contribution < 1.29 is 9.37 Å². The van der Waals surface area contributed by atoms with E-state index in [4.69, 9.17) is 0 Å². The maximum atomic E-state index is 13.0. The SMILES string of the molecule is CCCCN1C(=CC=C2C=C(C=CC3=[N+](CCCC)c4ccccc4C3(C)C)C=CC2=O)C(C)(C)c2ccccc21. The van der Waals surface area contributed by atoms with E-state index in [1.54, 1.807) is 6.08 Å². The molecule has 2 aliphatic heterocycles. The normalized spacial score (nSPS) is 20.9. The number of ketones is 1. The molecule has 0 aromatic heterocycles. The topological polar surface area (TPSA) is 23.3 Å². The van der Waals surface area contributed by atoms with Gasteiger partial charge in [0.05, 0.1) is 5.41 Å². The fourth-order valence-corrected chi connectivity index (χ4v) is 6.54. The van der Waals surface area contributed by atoms with Crippen molar-refractivity contribution in [1.29, 1.82) is 0 Å². The molecule has 3 aliphatic rings. The summed E-state index contributed by atoms with van der Waals surface area (Å²) in [6, 6.07) is 17.5. The van der Waals surface area contributed by atoms with Crippen LogP contribution in [0.4, 0.5) is 11.4 Å². The van der Waals surface area contributed by atoms with Crippen LogP contribution in [0.25, 0.3) is 0 Å². The molecule has 2 aromatic carbocycles. The second kappa shape index (κ2) is 11.6. The number of carbonyl (C=O) groups excluding carboxylic acids is 1. The van der Waals surface area contributed by atoms with E-state index in [-0.39, 0.29) is 16.6 Å². The van der Waals surface area contributed by atoms with Crippen LogP contribution in [-0.2, 0) is 15.6 Å². The van der Waals surface area contributed by atoms with Crippen LogP contribution in [0.15, 0.2) is 108 Å². The van der Waals surface area contributed by atoms with E-state index in [1.165, 1.54) is 33.9 Å². The molecule has 212 valence electrons. The van der Waals surface area contributed by atoms with E-state index in [0.29, 0.717) is 0 Å². The Morgan fingerprint density at radius 1 is 0.805 bits per heavy atom. The molecule has 3 heteroatoms. The van der Waals surface area contributed by atoms with Crippen LogP contribution in [0.5, 0.6) is 0 Å². The van der Waals surface area contributed by atoms with E-state index in [2.05, 4.69) is 118 Å². The number of hydrogen-bond acceptors (Lipinski definition) is 2. The van der Waals surface area contributed by atoms with Crippen molar-refractivity contribution >= 4 is 22.9 Å². The molecule has 0 unspecified atom stereocenters. The fourth-order valence-electron chi connectivity index (χ4n) is 6.54. The van der Waals surface area contributed by atoms with Gasteiger partial charge in [-0.25, -0.2) is 0 Å². The molecular weight excluding hydrogens is 500 g/mol. The van der Waals surface area contributed by atoms with Crippen LogP contribution < -0.4 is 4.90 Å². The number of nitrogens with zero attached hydrogens (tertiary/aromatic N) is 2. The van der Waals surface area contributed by atoms with Gasteiger partial charge in [0, 0.05) is 53.0 Å². The van der Waals surface area contributed by atoms with Crippen LogP contribution in [0.3, 0.4) is 0 Å². The lowest BCUT2D eigenvalue weighted by Crippen LogP contribution is -2.28. The average molecular weight is 546 g/mol. The molecule has 0 bridgehead atoms. The Hall–Kier alpha value is -3.72. The van der Waals surface area contributed by atoms with Crippen LogP contribution in [0, 0.1) is 0 Å². The summed E-state index contributed by atoms with van der Waals surface area (Å²) in [5, 5.41) is 0. The first-order valence-corrected chi connectivity index (χ1v) is 15.4. The van der Waals surface area contributed by atoms with E-state index in [1.807, 2.05) is 18.2 Å². The summed E-state index contributed by atoms with van der Waals surface area (Å²) in [6.45, 7) is 15.7. The molecular formula is C38H45N2O+. The van der Waals surface area contributed by atoms with Gasteiger partial charge in [-0.2, -0.15) is 4.58 Å². The van der Waals surface area contributed by atoms with Gasteiger partial charge in [-0.05, 0) is 67.9 Å². The van der Waals surface area contributed by atoms with E-state index in [0.717, 1.165) is 49.9 Å². The van der Waals surface area contributed by atoms with Crippen LogP contribution in [0.2, 0.25) is 0 Å². The van der Waals surface area contributed by atoms with Crippen molar-refractivity contribution in [2.45, 2.75) is 78.1 Å². The number of unbranched alkanes of at least 4 members (excludes halogenated alkanes) is 2. The Labute approximate surface area is 247 Å². The average Bonchev–Trinajstić information content (AvgIpc) is 3.32. The molecule has 0 radical (unpaired) electrons. The van der Waals surface area contributed by atoms with Gasteiger partial charge in [0.1, 0.15) is 6.54 Å².